The van der Waals surface area contributed by atoms with Crippen LogP contribution in [0.3, 0.4) is 0 Å². The summed E-state index contributed by atoms with van der Waals surface area (Å²) < 4.78 is 25.6. The highest BCUT2D eigenvalue weighted by molar-refractivity contribution is 7.89. The van der Waals surface area contributed by atoms with Gasteiger partial charge in [0.2, 0.25) is 10.0 Å². The molecular weight excluding hydrogens is 266 g/mol. The van der Waals surface area contributed by atoms with Crippen LogP contribution in [0.2, 0.25) is 0 Å². The Hall–Kier alpha value is -2.15. The van der Waals surface area contributed by atoms with Gasteiger partial charge in [-0.15, -0.1) is 0 Å². The van der Waals surface area contributed by atoms with Crippen molar-refractivity contribution < 1.29 is 13.2 Å². The van der Waals surface area contributed by atoms with E-state index in [-0.39, 0.29) is 5.56 Å². The quantitative estimate of drug-likeness (QED) is 0.904. The smallest absolute Gasteiger partial charge is 0.268 e. The lowest BCUT2D eigenvalue weighted by Crippen LogP contribution is -2.29. The molecule has 0 aliphatic heterocycles. The molecule has 2 rings (SSSR count). The zero-order valence-electron chi connectivity index (χ0n) is 10.5. The highest BCUT2D eigenvalue weighted by atomic mass is 32.2. The Kier molecular flexibility index (Phi) is 3.39. The van der Waals surface area contributed by atoms with Crippen molar-refractivity contribution in [2.24, 2.45) is 0 Å². The lowest BCUT2D eigenvalue weighted by Gasteiger charge is -2.05. The number of amides is 1. The summed E-state index contributed by atoms with van der Waals surface area (Å²) in [4.78, 5) is 11.8. The van der Waals surface area contributed by atoms with E-state index in [1.54, 1.807) is 11.6 Å². The number of rotatable bonds is 3. The average Bonchev–Trinajstić information content (AvgIpc) is 2.70. The molecule has 1 aromatic heterocycles. The molecule has 2 aromatic rings. The molecule has 0 bridgehead atoms. The summed E-state index contributed by atoms with van der Waals surface area (Å²) in [5, 5.41) is 4.10. The number of sulfonamides is 1. The summed E-state index contributed by atoms with van der Waals surface area (Å²) in [6, 6.07) is 9.27. The molecule has 0 saturated carbocycles. The van der Waals surface area contributed by atoms with Crippen molar-refractivity contribution in [2.75, 3.05) is 6.26 Å². The van der Waals surface area contributed by atoms with Gasteiger partial charge < -0.3 is 0 Å². The Balaban J connectivity index is 2.37. The zero-order valence-corrected chi connectivity index (χ0v) is 11.3. The van der Waals surface area contributed by atoms with Gasteiger partial charge in [-0.1, -0.05) is 18.2 Å². The number of benzene rings is 1. The van der Waals surface area contributed by atoms with Crippen LogP contribution in [0.5, 0.6) is 0 Å². The molecule has 0 unspecified atom stereocenters. The normalized spacial score (nSPS) is 11.3. The van der Waals surface area contributed by atoms with Crippen LogP contribution in [0, 0.1) is 6.92 Å². The second-order valence-electron chi connectivity index (χ2n) is 4.09. The van der Waals surface area contributed by atoms with Gasteiger partial charge in [-0.3, -0.25) is 4.79 Å². The maximum absolute atomic E-state index is 11.8. The van der Waals surface area contributed by atoms with Crippen LogP contribution >= 0.6 is 0 Å². The molecule has 0 spiro atoms. The Morgan fingerprint density at radius 3 is 2.47 bits per heavy atom. The van der Waals surface area contributed by atoms with E-state index in [0.29, 0.717) is 5.69 Å². The monoisotopic (exact) mass is 279 g/mol. The summed E-state index contributed by atoms with van der Waals surface area (Å²) >= 11 is 0. The van der Waals surface area contributed by atoms with Gasteiger partial charge in [0.05, 0.1) is 29.4 Å². The van der Waals surface area contributed by atoms with Crippen molar-refractivity contribution in [3.05, 3.63) is 47.8 Å². The fraction of sp³-hybridized carbons (Fsp3) is 0.167. The molecule has 1 N–H and O–H groups in total. The minimum absolute atomic E-state index is 0.231. The maximum Gasteiger partial charge on any atom is 0.268 e. The van der Waals surface area contributed by atoms with Crippen LogP contribution < -0.4 is 4.72 Å². The fourth-order valence-corrected chi connectivity index (χ4v) is 2.13. The van der Waals surface area contributed by atoms with E-state index >= 15 is 0 Å². The molecule has 1 heterocycles. The molecule has 0 aliphatic rings. The van der Waals surface area contributed by atoms with Crippen molar-refractivity contribution in [3.63, 3.8) is 0 Å². The Morgan fingerprint density at radius 2 is 1.89 bits per heavy atom. The van der Waals surface area contributed by atoms with Crippen LogP contribution in [0.4, 0.5) is 0 Å². The van der Waals surface area contributed by atoms with E-state index in [4.69, 9.17) is 0 Å². The minimum atomic E-state index is -3.58. The van der Waals surface area contributed by atoms with Crippen LogP contribution in [-0.4, -0.2) is 30.4 Å². The zero-order chi connectivity index (χ0) is 14.0. The van der Waals surface area contributed by atoms with E-state index < -0.39 is 15.9 Å². The van der Waals surface area contributed by atoms with E-state index in [0.717, 1.165) is 11.9 Å². The molecule has 1 amide bonds. The lowest BCUT2D eigenvalue weighted by atomic mass is 10.2. The predicted octanol–water partition coefficient (Wildman–Crippen LogP) is 0.870. The SMILES string of the molecule is Cc1c(C(=O)NS(C)(=O)=O)cnn1-c1ccccc1. The Bertz CT molecular complexity index is 705. The van der Waals surface area contributed by atoms with E-state index in [2.05, 4.69) is 5.10 Å². The fourth-order valence-electron chi connectivity index (χ4n) is 1.69. The average molecular weight is 279 g/mol. The first-order valence-corrected chi connectivity index (χ1v) is 7.40. The summed E-state index contributed by atoms with van der Waals surface area (Å²) in [5.41, 5.74) is 1.61. The minimum Gasteiger partial charge on any atom is -0.268 e. The van der Waals surface area contributed by atoms with Crippen LogP contribution in [0.1, 0.15) is 16.1 Å². The molecule has 0 radical (unpaired) electrons. The summed E-state index contributed by atoms with van der Waals surface area (Å²) in [7, 11) is -3.58. The molecule has 6 nitrogen and oxygen atoms in total. The van der Waals surface area contributed by atoms with Crippen LogP contribution in [0.15, 0.2) is 36.5 Å². The third kappa shape index (κ3) is 3.00. The van der Waals surface area contributed by atoms with E-state index in [9.17, 15) is 13.2 Å². The molecule has 100 valence electrons. The highest BCUT2D eigenvalue weighted by Crippen LogP contribution is 2.13. The van der Waals surface area contributed by atoms with Crippen molar-refractivity contribution in [1.82, 2.24) is 14.5 Å². The standard InChI is InChI=1S/C12H13N3O3S/c1-9-11(12(16)14-19(2,17)18)8-13-15(9)10-6-4-3-5-7-10/h3-8H,1-2H3,(H,14,16). The van der Waals surface area contributed by atoms with Crippen LogP contribution in [0.25, 0.3) is 5.69 Å². The van der Waals surface area contributed by atoms with Gasteiger partial charge in [-0.25, -0.2) is 17.8 Å². The third-order valence-corrected chi connectivity index (χ3v) is 3.09. The lowest BCUT2D eigenvalue weighted by molar-refractivity contribution is 0.0981. The summed E-state index contributed by atoms with van der Waals surface area (Å²) in [5.74, 6) is -0.679. The highest BCUT2D eigenvalue weighted by Gasteiger charge is 2.17. The van der Waals surface area contributed by atoms with Gasteiger partial charge in [0.15, 0.2) is 0 Å². The van der Waals surface area contributed by atoms with Gasteiger partial charge in [0.25, 0.3) is 5.91 Å². The number of nitrogens with one attached hydrogen (secondary N) is 1. The molecule has 0 fully saturated rings. The number of hydrogen-bond acceptors (Lipinski definition) is 4. The molecule has 7 heteroatoms. The largest absolute Gasteiger partial charge is 0.268 e. The summed E-state index contributed by atoms with van der Waals surface area (Å²) in [6.45, 7) is 1.71. The second-order valence-corrected chi connectivity index (χ2v) is 5.84. The number of nitrogens with zero attached hydrogens (tertiary/aromatic N) is 2. The number of carbonyl (C=O) groups is 1. The molecule has 0 aliphatic carbocycles. The predicted molar refractivity (Wildman–Crippen MR) is 70.6 cm³/mol. The third-order valence-electron chi connectivity index (χ3n) is 2.53. The van der Waals surface area contributed by atoms with Gasteiger partial charge in [0, 0.05) is 0 Å². The van der Waals surface area contributed by atoms with Crippen molar-refractivity contribution in [2.45, 2.75) is 6.92 Å². The molecular formula is C12H13N3O3S. The van der Waals surface area contributed by atoms with Crippen molar-refractivity contribution in [3.8, 4) is 5.69 Å². The van der Waals surface area contributed by atoms with Gasteiger partial charge in [-0.05, 0) is 19.1 Å². The first-order valence-electron chi connectivity index (χ1n) is 5.50. The molecule has 19 heavy (non-hydrogen) atoms. The van der Waals surface area contributed by atoms with Crippen LogP contribution in [-0.2, 0) is 10.0 Å². The Morgan fingerprint density at radius 1 is 1.26 bits per heavy atom. The first kappa shape index (κ1) is 13.3. The van der Waals surface area contributed by atoms with Gasteiger partial charge in [0.1, 0.15) is 0 Å². The van der Waals surface area contributed by atoms with Gasteiger partial charge in [-0.2, -0.15) is 5.10 Å². The topological polar surface area (TPSA) is 81.1 Å². The number of aromatic nitrogens is 2. The Labute approximate surface area is 111 Å². The molecule has 1 aromatic carbocycles. The summed E-state index contributed by atoms with van der Waals surface area (Å²) in [6.07, 6.45) is 2.28. The van der Waals surface area contributed by atoms with Crippen molar-refractivity contribution >= 4 is 15.9 Å². The van der Waals surface area contributed by atoms with E-state index in [1.807, 2.05) is 35.1 Å². The van der Waals surface area contributed by atoms with Crippen molar-refractivity contribution in [1.29, 1.82) is 0 Å². The number of para-hydroxylation sites is 1. The number of carbonyl (C=O) groups excluding carboxylic acids is 1. The molecule has 0 atom stereocenters. The first-order chi connectivity index (χ1) is 8.88. The maximum atomic E-state index is 11.8. The van der Waals surface area contributed by atoms with Gasteiger partial charge >= 0.3 is 0 Å². The number of hydrogen-bond donors (Lipinski definition) is 1. The second kappa shape index (κ2) is 4.85. The van der Waals surface area contributed by atoms with E-state index in [1.165, 1.54) is 6.20 Å². The molecule has 0 saturated heterocycles.